The molecule has 5 nitrogen and oxygen atoms in total. The number of likely N-dealkylation sites (N-methyl/N-ethyl adjacent to an activating group) is 1. The molecular formula is C15H22N5. The molecule has 1 fully saturated rings. The number of imidazole rings is 1. The number of aromatic amines is 1. The summed E-state index contributed by atoms with van der Waals surface area (Å²) in [7, 11) is 2.14. The fourth-order valence-electron chi connectivity index (χ4n) is 2.64. The van der Waals surface area contributed by atoms with Crippen molar-refractivity contribution in [1.29, 1.82) is 0 Å². The third-order valence-electron chi connectivity index (χ3n) is 3.61. The number of benzene rings is 1. The van der Waals surface area contributed by atoms with E-state index in [9.17, 15) is 0 Å². The van der Waals surface area contributed by atoms with Crippen molar-refractivity contribution < 1.29 is 0 Å². The maximum atomic E-state index is 4.79. The minimum absolute atomic E-state index is 0.160. The molecule has 1 aliphatic rings. The van der Waals surface area contributed by atoms with Crippen molar-refractivity contribution in [2.75, 3.05) is 32.0 Å². The smallest absolute Gasteiger partial charge is 0.127 e. The van der Waals surface area contributed by atoms with Gasteiger partial charge in [-0.25, -0.2) is 10.3 Å². The summed E-state index contributed by atoms with van der Waals surface area (Å²) in [6.45, 7) is 7.13. The number of hydrogen-bond donors (Lipinski definition) is 2. The first-order valence-corrected chi connectivity index (χ1v) is 7.24. The highest BCUT2D eigenvalue weighted by molar-refractivity contribution is 5.88. The lowest BCUT2D eigenvalue weighted by Crippen LogP contribution is -2.40. The van der Waals surface area contributed by atoms with Gasteiger partial charge in [-0.05, 0) is 33.0 Å². The molecule has 1 aliphatic heterocycles. The summed E-state index contributed by atoms with van der Waals surface area (Å²) in [4.78, 5) is 10.5. The van der Waals surface area contributed by atoms with Crippen LogP contribution in [-0.2, 0) is 0 Å². The van der Waals surface area contributed by atoms with Crippen LogP contribution in [0.15, 0.2) is 18.2 Å². The average molecular weight is 272 g/mol. The van der Waals surface area contributed by atoms with E-state index in [4.69, 9.17) is 4.98 Å². The first kappa shape index (κ1) is 13.4. The van der Waals surface area contributed by atoms with Crippen LogP contribution in [0.2, 0.25) is 0 Å². The highest BCUT2D eigenvalue weighted by Gasteiger charge is 2.22. The van der Waals surface area contributed by atoms with E-state index in [2.05, 4.69) is 59.6 Å². The average Bonchev–Trinajstić information content (AvgIpc) is 2.83. The molecule has 2 aromatic rings. The first-order chi connectivity index (χ1) is 9.63. The number of rotatable bonds is 3. The van der Waals surface area contributed by atoms with Crippen LogP contribution in [0.3, 0.4) is 0 Å². The third kappa shape index (κ3) is 2.64. The largest absolute Gasteiger partial charge is 0.381 e. The molecule has 1 radical (unpaired) electrons. The van der Waals surface area contributed by atoms with Gasteiger partial charge in [-0.2, -0.15) is 0 Å². The lowest BCUT2D eigenvalue weighted by molar-refractivity contribution is 0.232. The van der Waals surface area contributed by atoms with Gasteiger partial charge in [0.1, 0.15) is 11.3 Å². The van der Waals surface area contributed by atoms with E-state index in [1.54, 1.807) is 0 Å². The van der Waals surface area contributed by atoms with Gasteiger partial charge in [0, 0.05) is 25.7 Å². The molecule has 0 bridgehead atoms. The number of anilines is 1. The van der Waals surface area contributed by atoms with E-state index in [-0.39, 0.29) is 6.04 Å². The molecule has 1 aromatic heterocycles. The Morgan fingerprint density at radius 1 is 1.40 bits per heavy atom. The van der Waals surface area contributed by atoms with Crippen molar-refractivity contribution in [3.8, 4) is 0 Å². The Morgan fingerprint density at radius 2 is 2.25 bits per heavy atom. The number of para-hydroxylation sites is 1. The maximum Gasteiger partial charge on any atom is 0.127 e. The van der Waals surface area contributed by atoms with E-state index >= 15 is 0 Å². The topological polar surface area (TPSA) is 58.1 Å². The minimum Gasteiger partial charge on any atom is -0.381 e. The second-order valence-corrected chi connectivity index (χ2v) is 5.81. The van der Waals surface area contributed by atoms with Gasteiger partial charge >= 0.3 is 0 Å². The van der Waals surface area contributed by atoms with Gasteiger partial charge in [-0.1, -0.05) is 6.07 Å². The zero-order valence-electron chi connectivity index (χ0n) is 12.3. The summed E-state index contributed by atoms with van der Waals surface area (Å²) >= 11 is 0. The van der Waals surface area contributed by atoms with Crippen LogP contribution in [0, 0.1) is 0 Å². The molecular weight excluding hydrogens is 250 g/mol. The monoisotopic (exact) mass is 272 g/mol. The molecule has 1 unspecified atom stereocenters. The predicted molar refractivity (Wildman–Crippen MR) is 82.1 cm³/mol. The van der Waals surface area contributed by atoms with Crippen molar-refractivity contribution in [2.24, 2.45) is 0 Å². The highest BCUT2D eigenvalue weighted by atomic mass is 15.2. The molecule has 1 atom stereocenters. The van der Waals surface area contributed by atoms with Gasteiger partial charge in [-0.15, -0.1) is 0 Å². The van der Waals surface area contributed by atoms with Crippen LogP contribution in [0.4, 0.5) is 5.69 Å². The number of piperazine rings is 1. The SMILES string of the molecule is CC(C)Nc1cccc2[nH]c(C3CN(C)CC[N]3)nc12. The molecule has 2 heterocycles. The number of hydrogen-bond acceptors (Lipinski definition) is 3. The van der Waals surface area contributed by atoms with E-state index in [0.717, 1.165) is 42.2 Å². The van der Waals surface area contributed by atoms with Crippen molar-refractivity contribution in [1.82, 2.24) is 20.2 Å². The molecule has 0 aliphatic carbocycles. The standard InChI is InChI=1S/C15H22N5/c1-10(2)17-11-5-4-6-12-14(11)19-15(18-12)13-9-20(3)8-7-16-13/h4-6,10,13,17H,7-9H2,1-3H3,(H,18,19). The first-order valence-electron chi connectivity index (χ1n) is 7.24. The number of nitrogens with zero attached hydrogens (tertiary/aromatic N) is 3. The summed E-state index contributed by atoms with van der Waals surface area (Å²) in [6, 6.07) is 6.76. The number of fused-ring (bicyclic) bond motifs is 1. The number of H-pyrrole nitrogens is 1. The van der Waals surface area contributed by atoms with E-state index in [0.29, 0.717) is 6.04 Å². The molecule has 0 saturated carbocycles. The Hall–Kier alpha value is -1.59. The van der Waals surface area contributed by atoms with Crippen LogP contribution in [-0.4, -0.2) is 47.6 Å². The molecule has 1 saturated heterocycles. The van der Waals surface area contributed by atoms with E-state index in [1.807, 2.05) is 0 Å². The van der Waals surface area contributed by atoms with E-state index < -0.39 is 0 Å². The van der Waals surface area contributed by atoms with Gasteiger partial charge in [0.05, 0.1) is 17.2 Å². The molecule has 20 heavy (non-hydrogen) atoms. The summed E-state index contributed by atoms with van der Waals surface area (Å²) < 4.78 is 0. The molecule has 0 spiro atoms. The zero-order valence-corrected chi connectivity index (χ0v) is 12.3. The molecule has 3 rings (SSSR count). The molecule has 0 amide bonds. The lowest BCUT2D eigenvalue weighted by Gasteiger charge is -2.28. The van der Waals surface area contributed by atoms with Crippen LogP contribution in [0.5, 0.6) is 0 Å². The van der Waals surface area contributed by atoms with Gasteiger partial charge in [-0.3, -0.25) is 0 Å². The minimum atomic E-state index is 0.160. The Kier molecular flexibility index (Phi) is 3.63. The fourth-order valence-corrected chi connectivity index (χ4v) is 2.64. The summed E-state index contributed by atoms with van der Waals surface area (Å²) in [6.07, 6.45) is 0. The highest BCUT2D eigenvalue weighted by Crippen LogP contribution is 2.25. The van der Waals surface area contributed by atoms with Crippen LogP contribution in [0.25, 0.3) is 11.0 Å². The normalized spacial score (nSPS) is 20.7. The van der Waals surface area contributed by atoms with Crippen LogP contribution in [0.1, 0.15) is 25.7 Å². The van der Waals surface area contributed by atoms with Crippen molar-refractivity contribution in [2.45, 2.75) is 25.9 Å². The summed E-state index contributed by atoms with van der Waals surface area (Å²) in [5.74, 6) is 0.976. The molecule has 1 aromatic carbocycles. The zero-order chi connectivity index (χ0) is 14.1. The number of aromatic nitrogens is 2. The van der Waals surface area contributed by atoms with Gasteiger partial charge in [0.2, 0.25) is 0 Å². The second kappa shape index (κ2) is 5.42. The van der Waals surface area contributed by atoms with Gasteiger partial charge < -0.3 is 15.2 Å². The number of nitrogens with one attached hydrogen (secondary N) is 2. The Balaban J connectivity index is 1.93. The van der Waals surface area contributed by atoms with Gasteiger partial charge in [0.25, 0.3) is 0 Å². The molecule has 5 heteroatoms. The van der Waals surface area contributed by atoms with Crippen molar-refractivity contribution >= 4 is 16.7 Å². The van der Waals surface area contributed by atoms with Crippen LogP contribution >= 0.6 is 0 Å². The summed E-state index contributed by atoms with van der Waals surface area (Å²) in [5.41, 5.74) is 3.18. The Bertz CT molecular complexity index is 589. The maximum absolute atomic E-state index is 4.79. The predicted octanol–water partition coefficient (Wildman–Crippen LogP) is 1.97. The molecule has 107 valence electrons. The summed E-state index contributed by atoms with van der Waals surface area (Å²) in [5, 5.41) is 8.13. The van der Waals surface area contributed by atoms with Gasteiger partial charge in [0.15, 0.2) is 0 Å². The molecule has 2 N–H and O–H groups in total. The van der Waals surface area contributed by atoms with E-state index in [1.165, 1.54) is 0 Å². The van der Waals surface area contributed by atoms with Crippen molar-refractivity contribution in [3.63, 3.8) is 0 Å². The quantitative estimate of drug-likeness (QED) is 0.898. The fraction of sp³-hybridized carbons (Fsp3) is 0.533. The second-order valence-electron chi connectivity index (χ2n) is 5.81. The Labute approximate surface area is 119 Å². The van der Waals surface area contributed by atoms with Crippen molar-refractivity contribution in [3.05, 3.63) is 24.0 Å². The third-order valence-corrected chi connectivity index (χ3v) is 3.61. The van der Waals surface area contributed by atoms with Crippen LogP contribution < -0.4 is 10.6 Å². The lowest BCUT2D eigenvalue weighted by atomic mass is 10.2. The Morgan fingerprint density at radius 3 is 3.00 bits per heavy atom.